The number of benzene rings is 2. The zero-order valence-electron chi connectivity index (χ0n) is 12.7. The molecule has 0 amide bonds. The first-order chi connectivity index (χ1) is 10.9. The van der Waals surface area contributed by atoms with Crippen LogP contribution in [0.2, 0.25) is 0 Å². The molecule has 0 bridgehead atoms. The molecule has 2 N–H and O–H groups in total. The van der Waals surface area contributed by atoms with Crippen LogP contribution in [0.5, 0.6) is 0 Å². The van der Waals surface area contributed by atoms with Gasteiger partial charge >= 0.3 is 6.18 Å². The number of hydrogen-bond acceptors (Lipinski definition) is 2. The molecule has 0 aliphatic heterocycles. The van der Waals surface area contributed by atoms with Gasteiger partial charge in [-0.15, -0.1) is 0 Å². The van der Waals surface area contributed by atoms with Crippen molar-refractivity contribution in [3.63, 3.8) is 0 Å². The maximum atomic E-state index is 12.6. The average molecular weight is 320 g/mol. The van der Waals surface area contributed by atoms with Gasteiger partial charge in [-0.1, -0.05) is 24.3 Å². The Balaban J connectivity index is 1.70. The molecule has 0 heterocycles. The molecule has 122 valence electrons. The largest absolute Gasteiger partial charge is 0.416 e. The fourth-order valence-electron chi connectivity index (χ4n) is 2.71. The molecular weight excluding hydrogens is 301 g/mol. The fraction of sp³-hybridized carbons (Fsp3) is 0.333. The maximum Gasteiger partial charge on any atom is 0.416 e. The van der Waals surface area contributed by atoms with Gasteiger partial charge in [0.2, 0.25) is 0 Å². The lowest BCUT2D eigenvalue weighted by molar-refractivity contribution is -0.137. The van der Waals surface area contributed by atoms with Gasteiger partial charge in [-0.25, -0.2) is 0 Å². The monoisotopic (exact) mass is 320 g/mol. The molecule has 0 aromatic heterocycles. The standard InChI is InChI=1S/C18H19F3N2/c19-18(20,21)15-6-4-13(5-7-15)11-23(17-8-9-17)12-14-2-1-3-16(22)10-14/h1-7,10,17H,8-9,11-12,22H2. The van der Waals surface area contributed by atoms with Crippen molar-refractivity contribution in [1.29, 1.82) is 0 Å². The normalized spacial score (nSPS) is 15.1. The average Bonchev–Trinajstić information content (AvgIpc) is 3.31. The van der Waals surface area contributed by atoms with Gasteiger partial charge in [0.25, 0.3) is 0 Å². The summed E-state index contributed by atoms with van der Waals surface area (Å²) in [5, 5.41) is 0. The van der Waals surface area contributed by atoms with E-state index in [0.717, 1.165) is 48.3 Å². The van der Waals surface area contributed by atoms with Gasteiger partial charge in [-0.05, 0) is 48.2 Å². The van der Waals surface area contributed by atoms with Crippen LogP contribution in [0.4, 0.5) is 18.9 Å². The van der Waals surface area contributed by atoms with Crippen LogP contribution in [0.15, 0.2) is 48.5 Å². The highest BCUT2D eigenvalue weighted by Crippen LogP contribution is 2.32. The van der Waals surface area contributed by atoms with E-state index < -0.39 is 11.7 Å². The van der Waals surface area contributed by atoms with Crippen molar-refractivity contribution >= 4 is 5.69 Å². The number of alkyl halides is 3. The molecule has 2 aromatic carbocycles. The highest BCUT2D eigenvalue weighted by Gasteiger charge is 2.31. The van der Waals surface area contributed by atoms with Crippen LogP contribution < -0.4 is 5.73 Å². The van der Waals surface area contributed by atoms with E-state index in [2.05, 4.69) is 4.90 Å². The molecule has 5 heteroatoms. The molecule has 0 radical (unpaired) electrons. The van der Waals surface area contributed by atoms with Crippen LogP contribution in [0.1, 0.15) is 29.5 Å². The molecule has 3 rings (SSSR count). The Kier molecular flexibility index (Phi) is 4.31. The molecule has 2 nitrogen and oxygen atoms in total. The van der Waals surface area contributed by atoms with Crippen molar-refractivity contribution in [2.75, 3.05) is 5.73 Å². The first kappa shape index (κ1) is 15.9. The van der Waals surface area contributed by atoms with Crippen molar-refractivity contribution < 1.29 is 13.2 Å². The summed E-state index contributed by atoms with van der Waals surface area (Å²) in [6.45, 7) is 1.41. The zero-order chi connectivity index (χ0) is 16.4. The van der Waals surface area contributed by atoms with Crippen LogP contribution in [0, 0.1) is 0 Å². The topological polar surface area (TPSA) is 29.3 Å². The summed E-state index contributed by atoms with van der Waals surface area (Å²) in [7, 11) is 0. The molecule has 23 heavy (non-hydrogen) atoms. The number of nitrogen functional groups attached to an aromatic ring is 1. The smallest absolute Gasteiger partial charge is 0.399 e. The maximum absolute atomic E-state index is 12.6. The number of anilines is 1. The summed E-state index contributed by atoms with van der Waals surface area (Å²) in [4.78, 5) is 2.30. The summed E-state index contributed by atoms with van der Waals surface area (Å²) in [6, 6.07) is 13.7. The van der Waals surface area contributed by atoms with Crippen LogP contribution in [-0.4, -0.2) is 10.9 Å². The lowest BCUT2D eigenvalue weighted by Gasteiger charge is -2.22. The molecular formula is C18H19F3N2. The van der Waals surface area contributed by atoms with E-state index in [0.29, 0.717) is 12.6 Å². The van der Waals surface area contributed by atoms with Gasteiger partial charge in [0.05, 0.1) is 5.56 Å². The third kappa shape index (κ3) is 4.26. The Morgan fingerprint density at radius 1 is 0.957 bits per heavy atom. The fourth-order valence-corrected chi connectivity index (χ4v) is 2.71. The quantitative estimate of drug-likeness (QED) is 0.825. The van der Waals surface area contributed by atoms with Crippen molar-refractivity contribution in [1.82, 2.24) is 4.90 Å². The first-order valence-electron chi connectivity index (χ1n) is 7.66. The number of hydrogen-bond donors (Lipinski definition) is 1. The Morgan fingerprint density at radius 3 is 2.17 bits per heavy atom. The lowest BCUT2D eigenvalue weighted by atomic mass is 10.1. The summed E-state index contributed by atoms with van der Waals surface area (Å²) in [5.74, 6) is 0. The SMILES string of the molecule is Nc1cccc(CN(Cc2ccc(C(F)(F)F)cc2)C2CC2)c1. The van der Waals surface area contributed by atoms with Gasteiger partial charge in [0.15, 0.2) is 0 Å². The Morgan fingerprint density at radius 2 is 1.61 bits per heavy atom. The Hall–Kier alpha value is -2.01. The molecule has 0 spiro atoms. The summed E-state index contributed by atoms with van der Waals surface area (Å²) >= 11 is 0. The second kappa shape index (κ2) is 6.24. The zero-order valence-corrected chi connectivity index (χ0v) is 12.7. The second-order valence-corrected chi connectivity index (χ2v) is 6.08. The van der Waals surface area contributed by atoms with Crippen LogP contribution in [0.25, 0.3) is 0 Å². The number of halogens is 3. The number of nitrogens with two attached hydrogens (primary N) is 1. The number of nitrogens with zero attached hydrogens (tertiary/aromatic N) is 1. The Labute approximate surface area is 133 Å². The minimum Gasteiger partial charge on any atom is -0.399 e. The van der Waals surface area contributed by atoms with E-state index in [-0.39, 0.29) is 0 Å². The van der Waals surface area contributed by atoms with E-state index in [4.69, 9.17) is 5.73 Å². The minimum atomic E-state index is -4.28. The van der Waals surface area contributed by atoms with E-state index in [9.17, 15) is 13.2 Å². The molecule has 0 saturated heterocycles. The molecule has 1 fully saturated rings. The molecule has 1 saturated carbocycles. The molecule has 1 aliphatic carbocycles. The van der Waals surface area contributed by atoms with E-state index >= 15 is 0 Å². The first-order valence-corrected chi connectivity index (χ1v) is 7.66. The molecule has 0 unspecified atom stereocenters. The number of rotatable bonds is 5. The van der Waals surface area contributed by atoms with Crippen LogP contribution in [-0.2, 0) is 19.3 Å². The van der Waals surface area contributed by atoms with Crippen molar-refractivity contribution in [2.45, 2.75) is 38.1 Å². The minimum absolute atomic E-state index is 0.513. The van der Waals surface area contributed by atoms with Gasteiger partial charge in [-0.2, -0.15) is 13.2 Å². The van der Waals surface area contributed by atoms with Crippen LogP contribution in [0.3, 0.4) is 0 Å². The van der Waals surface area contributed by atoms with E-state index in [1.807, 2.05) is 24.3 Å². The van der Waals surface area contributed by atoms with Gasteiger partial charge in [0, 0.05) is 24.8 Å². The van der Waals surface area contributed by atoms with E-state index in [1.165, 1.54) is 0 Å². The van der Waals surface area contributed by atoms with Crippen LogP contribution >= 0.6 is 0 Å². The lowest BCUT2D eigenvalue weighted by Crippen LogP contribution is -2.25. The summed E-state index contributed by atoms with van der Waals surface area (Å²) in [5.41, 5.74) is 7.96. The Bertz CT molecular complexity index is 661. The molecule has 2 aromatic rings. The molecule has 0 atom stereocenters. The van der Waals surface area contributed by atoms with Gasteiger partial charge < -0.3 is 5.73 Å². The highest BCUT2D eigenvalue weighted by atomic mass is 19.4. The molecule has 1 aliphatic rings. The van der Waals surface area contributed by atoms with Crippen molar-refractivity contribution in [3.05, 3.63) is 65.2 Å². The predicted octanol–water partition coefficient (Wildman–Crippen LogP) is 4.45. The highest BCUT2D eigenvalue weighted by molar-refractivity contribution is 5.40. The third-order valence-corrected chi connectivity index (χ3v) is 4.07. The van der Waals surface area contributed by atoms with Gasteiger partial charge in [-0.3, -0.25) is 4.90 Å². The predicted molar refractivity (Wildman–Crippen MR) is 84.6 cm³/mol. The van der Waals surface area contributed by atoms with E-state index in [1.54, 1.807) is 12.1 Å². The van der Waals surface area contributed by atoms with Gasteiger partial charge in [0.1, 0.15) is 0 Å². The second-order valence-electron chi connectivity index (χ2n) is 6.08. The summed E-state index contributed by atoms with van der Waals surface area (Å²) in [6.07, 6.45) is -2.00. The third-order valence-electron chi connectivity index (χ3n) is 4.07. The van der Waals surface area contributed by atoms with Crippen molar-refractivity contribution in [2.24, 2.45) is 0 Å². The summed E-state index contributed by atoms with van der Waals surface area (Å²) < 4.78 is 37.9. The van der Waals surface area contributed by atoms with Crippen molar-refractivity contribution in [3.8, 4) is 0 Å².